The summed E-state index contributed by atoms with van der Waals surface area (Å²) in [6, 6.07) is 14.5. The van der Waals surface area contributed by atoms with E-state index >= 15 is 0 Å². The number of benzene rings is 1. The molecule has 136 valence electrons. The predicted octanol–water partition coefficient (Wildman–Crippen LogP) is 4.58. The lowest BCUT2D eigenvalue weighted by molar-refractivity contribution is 0.293. The van der Waals surface area contributed by atoms with Crippen LogP contribution in [0.1, 0.15) is 20.3 Å². The van der Waals surface area contributed by atoms with Crippen LogP contribution in [-0.4, -0.2) is 34.1 Å². The first-order valence-electron chi connectivity index (χ1n) is 9.22. The van der Waals surface area contributed by atoms with Gasteiger partial charge in [0.25, 0.3) is 0 Å². The largest absolute Gasteiger partial charge is 0.316 e. The van der Waals surface area contributed by atoms with Crippen molar-refractivity contribution in [2.24, 2.45) is 4.99 Å². The van der Waals surface area contributed by atoms with Crippen molar-refractivity contribution in [2.75, 3.05) is 19.6 Å². The standard InChI is InChI=1S/C21H26N4S/c1-3-24(4-2)14-9-15-25-20(18-10-6-5-7-11-18)17-26-21(25)23-19-12-8-13-22-16-19/h5-8,10-13,16-17H,3-4,9,14-15H2,1-2H3. The highest BCUT2D eigenvalue weighted by molar-refractivity contribution is 7.07. The van der Waals surface area contributed by atoms with Gasteiger partial charge in [-0.05, 0) is 43.8 Å². The molecular formula is C21H26N4S. The van der Waals surface area contributed by atoms with Gasteiger partial charge in [-0.15, -0.1) is 11.3 Å². The summed E-state index contributed by atoms with van der Waals surface area (Å²) < 4.78 is 2.34. The molecule has 1 aromatic carbocycles. The van der Waals surface area contributed by atoms with E-state index in [0.717, 1.165) is 43.1 Å². The van der Waals surface area contributed by atoms with E-state index in [9.17, 15) is 0 Å². The van der Waals surface area contributed by atoms with Gasteiger partial charge >= 0.3 is 0 Å². The van der Waals surface area contributed by atoms with Crippen molar-refractivity contribution in [3.8, 4) is 11.3 Å². The van der Waals surface area contributed by atoms with Gasteiger partial charge in [0, 0.05) is 18.1 Å². The van der Waals surface area contributed by atoms with Gasteiger partial charge in [0.1, 0.15) is 0 Å². The molecule has 5 heteroatoms. The van der Waals surface area contributed by atoms with Crippen molar-refractivity contribution >= 4 is 17.0 Å². The molecule has 0 aliphatic rings. The second-order valence-corrected chi connectivity index (χ2v) is 6.96. The maximum atomic E-state index is 4.83. The first-order valence-corrected chi connectivity index (χ1v) is 10.1. The number of pyridine rings is 1. The maximum Gasteiger partial charge on any atom is 0.190 e. The van der Waals surface area contributed by atoms with Crippen LogP contribution in [0.2, 0.25) is 0 Å². The summed E-state index contributed by atoms with van der Waals surface area (Å²) >= 11 is 1.69. The van der Waals surface area contributed by atoms with Crippen molar-refractivity contribution in [1.29, 1.82) is 0 Å². The lowest BCUT2D eigenvalue weighted by Crippen LogP contribution is -2.26. The molecule has 4 nitrogen and oxygen atoms in total. The van der Waals surface area contributed by atoms with Crippen LogP contribution in [-0.2, 0) is 6.54 Å². The SMILES string of the molecule is CCN(CC)CCCn1c(-c2ccccc2)csc1=Nc1cccnc1. The molecule has 0 radical (unpaired) electrons. The second kappa shape index (κ2) is 9.46. The Bertz CT molecular complexity index is 848. The molecule has 3 aromatic rings. The first kappa shape index (κ1) is 18.5. The van der Waals surface area contributed by atoms with Crippen molar-refractivity contribution < 1.29 is 0 Å². The normalized spacial score (nSPS) is 12.0. The van der Waals surface area contributed by atoms with Gasteiger partial charge in [-0.25, -0.2) is 4.99 Å². The molecule has 0 saturated heterocycles. The zero-order chi connectivity index (χ0) is 18.2. The topological polar surface area (TPSA) is 33.4 Å². The van der Waals surface area contributed by atoms with Crippen LogP contribution >= 0.6 is 11.3 Å². The number of hydrogen-bond donors (Lipinski definition) is 0. The Morgan fingerprint density at radius 3 is 2.58 bits per heavy atom. The molecule has 0 atom stereocenters. The summed E-state index contributed by atoms with van der Waals surface area (Å²) in [6.45, 7) is 8.71. The average Bonchev–Trinajstić information content (AvgIpc) is 3.09. The molecular weight excluding hydrogens is 340 g/mol. The Labute approximate surface area is 159 Å². The summed E-state index contributed by atoms with van der Waals surface area (Å²) in [5, 5.41) is 2.21. The molecule has 2 aromatic heterocycles. The van der Waals surface area contributed by atoms with E-state index in [-0.39, 0.29) is 0 Å². The summed E-state index contributed by atoms with van der Waals surface area (Å²) in [7, 11) is 0. The molecule has 0 saturated carbocycles. The average molecular weight is 367 g/mol. The molecule has 0 spiro atoms. The van der Waals surface area contributed by atoms with E-state index in [1.807, 2.05) is 18.3 Å². The van der Waals surface area contributed by atoms with E-state index in [0.29, 0.717) is 0 Å². The van der Waals surface area contributed by atoms with Crippen LogP contribution in [0.5, 0.6) is 0 Å². The smallest absolute Gasteiger partial charge is 0.190 e. The van der Waals surface area contributed by atoms with E-state index in [4.69, 9.17) is 4.99 Å². The fraction of sp³-hybridized carbons (Fsp3) is 0.333. The molecule has 3 rings (SSSR count). The third-order valence-electron chi connectivity index (χ3n) is 4.49. The van der Waals surface area contributed by atoms with Crippen molar-refractivity contribution in [3.05, 3.63) is 65.0 Å². The lowest BCUT2D eigenvalue weighted by atomic mass is 10.2. The van der Waals surface area contributed by atoms with Gasteiger partial charge in [-0.2, -0.15) is 0 Å². The number of thiazole rings is 1. The van der Waals surface area contributed by atoms with Crippen molar-refractivity contribution in [3.63, 3.8) is 0 Å². The number of rotatable bonds is 8. The monoisotopic (exact) mass is 366 g/mol. The van der Waals surface area contributed by atoms with E-state index in [1.54, 1.807) is 17.5 Å². The number of hydrogen-bond acceptors (Lipinski definition) is 4. The Hall–Kier alpha value is -2.24. The fourth-order valence-electron chi connectivity index (χ4n) is 3.00. The number of aromatic nitrogens is 2. The molecule has 0 fully saturated rings. The minimum atomic E-state index is 0.895. The van der Waals surface area contributed by atoms with Gasteiger partial charge in [0.15, 0.2) is 4.80 Å². The van der Waals surface area contributed by atoms with Crippen molar-refractivity contribution in [2.45, 2.75) is 26.8 Å². The molecule has 26 heavy (non-hydrogen) atoms. The van der Waals surface area contributed by atoms with Crippen LogP contribution in [0.4, 0.5) is 5.69 Å². The quantitative estimate of drug-likeness (QED) is 0.585. The second-order valence-electron chi connectivity index (χ2n) is 6.12. The Morgan fingerprint density at radius 1 is 1.08 bits per heavy atom. The van der Waals surface area contributed by atoms with Crippen LogP contribution in [0, 0.1) is 0 Å². The Kier molecular flexibility index (Phi) is 6.75. The summed E-state index contributed by atoms with van der Waals surface area (Å²) in [5.74, 6) is 0. The van der Waals surface area contributed by atoms with Gasteiger partial charge in [0.2, 0.25) is 0 Å². The third kappa shape index (κ3) is 4.68. The zero-order valence-electron chi connectivity index (χ0n) is 15.5. The maximum absolute atomic E-state index is 4.83. The van der Waals surface area contributed by atoms with E-state index < -0.39 is 0 Å². The fourth-order valence-corrected chi connectivity index (χ4v) is 3.95. The molecule has 0 N–H and O–H groups in total. The highest BCUT2D eigenvalue weighted by Gasteiger charge is 2.09. The van der Waals surface area contributed by atoms with Gasteiger partial charge in [-0.3, -0.25) is 4.98 Å². The predicted molar refractivity (Wildman–Crippen MR) is 110 cm³/mol. The molecule has 0 amide bonds. The molecule has 0 aliphatic carbocycles. The lowest BCUT2D eigenvalue weighted by Gasteiger charge is -2.18. The number of nitrogens with zero attached hydrogens (tertiary/aromatic N) is 4. The van der Waals surface area contributed by atoms with Crippen LogP contribution in [0.15, 0.2) is 65.2 Å². The Balaban J connectivity index is 1.92. The molecule has 0 unspecified atom stereocenters. The van der Waals surface area contributed by atoms with E-state index in [2.05, 4.69) is 64.0 Å². The van der Waals surface area contributed by atoms with Crippen LogP contribution in [0.3, 0.4) is 0 Å². The highest BCUT2D eigenvalue weighted by Crippen LogP contribution is 2.20. The van der Waals surface area contributed by atoms with Crippen LogP contribution in [0.25, 0.3) is 11.3 Å². The Morgan fingerprint density at radius 2 is 1.88 bits per heavy atom. The molecule has 2 heterocycles. The highest BCUT2D eigenvalue weighted by atomic mass is 32.1. The first-order chi connectivity index (χ1) is 12.8. The van der Waals surface area contributed by atoms with Gasteiger partial charge < -0.3 is 9.47 Å². The third-order valence-corrected chi connectivity index (χ3v) is 5.35. The van der Waals surface area contributed by atoms with Crippen LogP contribution < -0.4 is 4.80 Å². The molecule has 0 aliphatic heterocycles. The van der Waals surface area contributed by atoms with Gasteiger partial charge in [-0.1, -0.05) is 44.2 Å². The van der Waals surface area contributed by atoms with E-state index in [1.165, 1.54) is 11.3 Å². The molecule has 0 bridgehead atoms. The van der Waals surface area contributed by atoms with Crippen molar-refractivity contribution in [1.82, 2.24) is 14.5 Å². The zero-order valence-corrected chi connectivity index (χ0v) is 16.3. The van der Waals surface area contributed by atoms with Gasteiger partial charge in [0.05, 0.1) is 17.6 Å². The summed E-state index contributed by atoms with van der Waals surface area (Å²) in [4.78, 5) is 12.5. The summed E-state index contributed by atoms with van der Waals surface area (Å²) in [5.41, 5.74) is 3.36. The minimum absolute atomic E-state index is 0.895. The summed E-state index contributed by atoms with van der Waals surface area (Å²) in [6.07, 6.45) is 4.70. The minimum Gasteiger partial charge on any atom is -0.316 e.